The number of methoxy groups -OCH3 is 1. The van der Waals surface area contributed by atoms with E-state index in [4.69, 9.17) is 19.9 Å². The second-order valence-corrected chi connectivity index (χ2v) is 4.76. The first kappa shape index (κ1) is 15.3. The van der Waals surface area contributed by atoms with Gasteiger partial charge in [-0.15, -0.1) is 0 Å². The molecule has 0 saturated carbocycles. The fraction of sp³-hybridized carbons (Fsp3) is 0.500. The number of anilines is 1. The number of hydrogen-bond donors (Lipinski definition) is 1. The molecule has 0 fully saturated rings. The summed E-state index contributed by atoms with van der Waals surface area (Å²) in [7, 11) is 1.63. The minimum Gasteiger partial charge on any atom is -0.480 e. The van der Waals surface area contributed by atoms with E-state index in [1.165, 1.54) is 0 Å². The molecule has 0 unspecified atom stereocenters. The van der Waals surface area contributed by atoms with Gasteiger partial charge in [-0.1, -0.05) is 12.1 Å². The van der Waals surface area contributed by atoms with Crippen LogP contribution in [0.25, 0.3) is 0 Å². The third-order valence-electron chi connectivity index (χ3n) is 2.78. The summed E-state index contributed by atoms with van der Waals surface area (Å²) in [6.45, 7) is 4.01. The average Bonchev–Trinajstić information content (AvgIpc) is 2.37. The number of para-hydroxylation sites is 2. The highest BCUT2D eigenvalue weighted by atomic mass is 16.6. The number of benzene rings is 1. The van der Waals surface area contributed by atoms with Crippen LogP contribution in [0.15, 0.2) is 24.3 Å². The highest BCUT2D eigenvalue weighted by Crippen LogP contribution is 2.19. The molecule has 0 aliphatic heterocycles. The molecule has 5 nitrogen and oxygen atoms in total. The number of esters is 1. The number of ether oxygens (including phenoxy) is 3. The van der Waals surface area contributed by atoms with Crippen molar-refractivity contribution in [2.24, 2.45) is 0 Å². The van der Waals surface area contributed by atoms with E-state index in [1.54, 1.807) is 31.4 Å². The molecule has 106 valence electrons. The number of carbonyl (C=O) groups excluding carboxylic acids is 1. The molecule has 0 amide bonds. The van der Waals surface area contributed by atoms with Crippen LogP contribution < -0.4 is 10.5 Å². The highest BCUT2D eigenvalue weighted by Gasteiger charge is 2.17. The Hall–Kier alpha value is -1.75. The van der Waals surface area contributed by atoms with Crippen LogP contribution in [0.2, 0.25) is 0 Å². The van der Waals surface area contributed by atoms with Gasteiger partial charge < -0.3 is 19.9 Å². The molecule has 0 radical (unpaired) electrons. The Labute approximate surface area is 113 Å². The maximum absolute atomic E-state index is 11.5. The summed E-state index contributed by atoms with van der Waals surface area (Å²) in [4.78, 5) is 11.5. The molecule has 0 heterocycles. The van der Waals surface area contributed by atoms with Gasteiger partial charge in [0, 0.05) is 13.5 Å². The van der Waals surface area contributed by atoms with Crippen LogP contribution in [0, 0.1) is 0 Å². The molecule has 0 saturated heterocycles. The number of nitrogen functional groups attached to an aromatic ring is 1. The maximum Gasteiger partial charge on any atom is 0.344 e. The molecule has 5 heteroatoms. The molecule has 0 aliphatic rings. The van der Waals surface area contributed by atoms with E-state index in [0.717, 1.165) is 0 Å². The molecule has 0 aliphatic carbocycles. The van der Waals surface area contributed by atoms with E-state index < -0.39 is 5.97 Å². The smallest absolute Gasteiger partial charge is 0.344 e. The van der Waals surface area contributed by atoms with Crippen molar-refractivity contribution in [1.29, 1.82) is 0 Å². The zero-order valence-corrected chi connectivity index (χ0v) is 11.6. The summed E-state index contributed by atoms with van der Waals surface area (Å²) in [6, 6.07) is 7.00. The predicted octanol–water partition coefficient (Wildman–Crippen LogP) is 2.01. The van der Waals surface area contributed by atoms with Crippen molar-refractivity contribution >= 4 is 11.7 Å². The summed E-state index contributed by atoms with van der Waals surface area (Å²) in [5, 5.41) is 0. The first-order valence-electron chi connectivity index (χ1n) is 6.13. The lowest BCUT2D eigenvalue weighted by Gasteiger charge is -2.22. The van der Waals surface area contributed by atoms with Crippen molar-refractivity contribution < 1.29 is 19.0 Å². The molecular formula is C14H21NO4. The van der Waals surface area contributed by atoms with Gasteiger partial charge in [0.15, 0.2) is 6.61 Å². The van der Waals surface area contributed by atoms with Crippen LogP contribution in [0.1, 0.15) is 20.3 Å². The maximum atomic E-state index is 11.5. The van der Waals surface area contributed by atoms with Crippen LogP contribution in [-0.2, 0) is 14.3 Å². The normalized spacial score (nSPS) is 11.1. The standard InChI is InChI=1S/C14H21NO4/c1-14(2,17-3)8-9-18-13(16)10-19-12-7-5-4-6-11(12)15/h4-7H,8-10,15H2,1-3H3. The summed E-state index contributed by atoms with van der Waals surface area (Å²) in [5.41, 5.74) is 5.88. The van der Waals surface area contributed by atoms with E-state index in [-0.39, 0.29) is 12.2 Å². The van der Waals surface area contributed by atoms with Crippen molar-refractivity contribution in [2.45, 2.75) is 25.9 Å². The first-order chi connectivity index (χ1) is 8.94. The number of carbonyl (C=O) groups is 1. The zero-order chi connectivity index (χ0) is 14.3. The molecule has 0 spiro atoms. The van der Waals surface area contributed by atoms with Gasteiger partial charge >= 0.3 is 5.97 Å². The lowest BCUT2D eigenvalue weighted by Crippen LogP contribution is -2.26. The van der Waals surface area contributed by atoms with Crippen LogP contribution in [-0.4, -0.2) is 31.9 Å². The highest BCUT2D eigenvalue weighted by molar-refractivity contribution is 5.71. The summed E-state index contributed by atoms with van der Waals surface area (Å²) in [6.07, 6.45) is 0.628. The van der Waals surface area contributed by atoms with Crippen molar-refractivity contribution in [3.63, 3.8) is 0 Å². The van der Waals surface area contributed by atoms with Gasteiger partial charge in [-0.2, -0.15) is 0 Å². The Bertz CT molecular complexity index is 418. The Morgan fingerprint density at radius 2 is 2.00 bits per heavy atom. The zero-order valence-electron chi connectivity index (χ0n) is 11.6. The van der Waals surface area contributed by atoms with Crippen LogP contribution >= 0.6 is 0 Å². The Kier molecular flexibility index (Phi) is 5.63. The van der Waals surface area contributed by atoms with Crippen LogP contribution in [0.5, 0.6) is 5.75 Å². The van der Waals surface area contributed by atoms with E-state index in [1.807, 2.05) is 13.8 Å². The molecule has 2 N–H and O–H groups in total. The molecule has 1 aromatic rings. The molecule has 1 rings (SSSR count). The van der Waals surface area contributed by atoms with Gasteiger partial charge in [-0.05, 0) is 26.0 Å². The topological polar surface area (TPSA) is 70.8 Å². The lowest BCUT2D eigenvalue weighted by molar-refractivity contribution is -0.147. The van der Waals surface area contributed by atoms with E-state index >= 15 is 0 Å². The average molecular weight is 267 g/mol. The predicted molar refractivity (Wildman–Crippen MR) is 73.0 cm³/mol. The van der Waals surface area contributed by atoms with Crippen molar-refractivity contribution in [1.82, 2.24) is 0 Å². The molecule has 19 heavy (non-hydrogen) atoms. The Balaban J connectivity index is 2.27. The van der Waals surface area contributed by atoms with Gasteiger partial charge in [0.2, 0.25) is 0 Å². The first-order valence-corrected chi connectivity index (χ1v) is 6.13. The van der Waals surface area contributed by atoms with E-state index in [0.29, 0.717) is 24.5 Å². The van der Waals surface area contributed by atoms with Gasteiger partial charge in [0.05, 0.1) is 17.9 Å². The number of rotatable bonds is 7. The van der Waals surface area contributed by atoms with Gasteiger partial charge in [0.25, 0.3) is 0 Å². The molecule has 1 aromatic carbocycles. The van der Waals surface area contributed by atoms with Gasteiger partial charge in [-0.25, -0.2) is 4.79 Å². The second kappa shape index (κ2) is 6.99. The third-order valence-corrected chi connectivity index (χ3v) is 2.78. The Morgan fingerprint density at radius 3 is 2.63 bits per heavy atom. The van der Waals surface area contributed by atoms with E-state index in [2.05, 4.69) is 0 Å². The quantitative estimate of drug-likeness (QED) is 0.604. The van der Waals surface area contributed by atoms with Gasteiger partial charge in [-0.3, -0.25) is 0 Å². The Morgan fingerprint density at radius 1 is 1.32 bits per heavy atom. The largest absolute Gasteiger partial charge is 0.480 e. The van der Waals surface area contributed by atoms with Crippen molar-refractivity contribution in [3.05, 3.63) is 24.3 Å². The molecule has 0 aromatic heterocycles. The summed E-state index contributed by atoms with van der Waals surface area (Å²) >= 11 is 0. The lowest BCUT2D eigenvalue weighted by atomic mass is 10.1. The monoisotopic (exact) mass is 267 g/mol. The number of hydrogen-bond acceptors (Lipinski definition) is 5. The van der Waals surface area contributed by atoms with Crippen molar-refractivity contribution in [2.75, 3.05) is 26.1 Å². The summed E-state index contributed by atoms with van der Waals surface area (Å²) in [5.74, 6) is 0.0619. The van der Waals surface area contributed by atoms with Crippen LogP contribution in [0.3, 0.4) is 0 Å². The van der Waals surface area contributed by atoms with E-state index in [9.17, 15) is 4.79 Å². The third kappa shape index (κ3) is 5.61. The minimum atomic E-state index is -0.421. The second-order valence-electron chi connectivity index (χ2n) is 4.76. The van der Waals surface area contributed by atoms with Crippen LogP contribution in [0.4, 0.5) is 5.69 Å². The fourth-order valence-corrected chi connectivity index (χ4v) is 1.30. The minimum absolute atomic E-state index is 0.151. The van der Waals surface area contributed by atoms with Gasteiger partial charge in [0.1, 0.15) is 5.75 Å². The van der Waals surface area contributed by atoms with Crippen molar-refractivity contribution in [3.8, 4) is 5.75 Å². The molecule has 0 bridgehead atoms. The molecule has 0 atom stereocenters. The summed E-state index contributed by atoms with van der Waals surface area (Å²) < 4.78 is 15.6. The molecular weight excluding hydrogens is 246 g/mol. The SMILES string of the molecule is COC(C)(C)CCOC(=O)COc1ccccc1N. The fourth-order valence-electron chi connectivity index (χ4n) is 1.30. The number of nitrogens with two attached hydrogens (primary N) is 1.